The van der Waals surface area contributed by atoms with E-state index < -0.39 is 0 Å². The van der Waals surface area contributed by atoms with Crippen LogP contribution in [0.5, 0.6) is 0 Å². The minimum atomic E-state index is -0.0173. The quantitative estimate of drug-likeness (QED) is 0.704. The van der Waals surface area contributed by atoms with Crippen molar-refractivity contribution in [2.24, 2.45) is 0 Å². The lowest BCUT2D eigenvalue weighted by Gasteiger charge is -2.03. The summed E-state index contributed by atoms with van der Waals surface area (Å²) in [7, 11) is 0. The lowest BCUT2D eigenvalue weighted by molar-refractivity contribution is -0.117. The number of H-pyrrole nitrogens is 1. The molecule has 0 fully saturated rings. The van der Waals surface area contributed by atoms with Gasteiger partial charge in [-0.15, -0.1) is 0 Å². The summed E-state index contributed by atoms with van der Waals surface area (Å²) in [5.74, 6) is 0.767. The van der Waals surface area contributed by atoms with E-state index in [0.717, 1.165) is 17.8 Å². The summed E-state index contributed by atoms with van der Waals surface area (Å²) in [5.41, 5.74) is 0.759. The van der Waals surface area contributed by atoms with Gasteiger partial charge in [-0.05, 0) is 13.3 Å². The predicted octanol–water partition coefficient (Wildman–Crippen LogP) is 0.820. The molecule has 0 saturated heterocycles. The number of aromatic amines is 1. The molecule has 1 rings (SSSR count). The van der Waals surface area contributed by atoms with Crippen molar-refractivity contribution in [1.29, 1.82) is 0 Å². The number of nitrogens with zero attached hydrogens (tertiary/aromatic N) is 2. The van der Waals surface area contributed by atoms with Crippen LogP contribution in [0.2, 0.25) is 0 Å². The van der Waals surface area contributed by atoms with Gasteiger partial charge in [-0.2, -0.15) is 5.10 Å². The van der Waals surface area contributed by atoms with E-state index in [1.54, 1.807) is 0 Å². The molecule has 5 heteroatoms. The largest absolute Gasteiger partial charge is 0.352 e. The van der Waals surface area contributed by atoms with Gasteiger partial charge in [0.25, 0.3) is 0 Å². The van der Waals surface area contributed by atoms with Gasteiger partial charge in [-0.25, -0.2) is 4.98 Å². The Balaban J connectivity index is 2.26. The number of nitrogens with one attached hydrogen (secondary N) is 2. The molecule has 2 N–H and O–H groups in total. The minimum Gasteiger partial charge on any atom is -0.352 e. The van der Waals surface area contributed by atoms with Gasteiger partial charge in [0, 0.05) is 18.5 Å². The van der Waals surface area contributed by atoms with Crippen LogP contribution in [0.15, 0.2) is 18.0 Å². The number of hydrogen-bond acceptors (Lipinski definition) is 3. The number of carbonyl (C=O) groups is 1. The average Bonchev–Trinajstić information content (AvgIpc) is 2.71. The van der Waals surface area contributed by atoms with Crippen molar-refractivity contribution >= 4 is 5.91 Å². The fourth-order valence-electron chi connectivity index (χ4n) is 1.18. The monoisotopic (exact) mass is 208 g/mol. The van der Waals surface area contributed by atoms with Crippen LogP contribution in [0.25, 0.3) is 0 Å². The molecule has 0 aromatic carbocycles. The lowest BCUT2D eigenvalue weighted by Crippen LogP contribution is -2.26. The summed E-state index contributed by atoms with van der Waals surface area (Å²) in [6, 6.07) is 0. The molecular formula is C10H16N4O. The van der Waals surface area contributed by atoms with Crippen molar-refractivity contribution in [3.63, 3.8) is 0 Å². The Morgan fingerprint density at radius 3 is 3.07 bits per heavy atom. The molecule has 1 aromatic heterocycles. The van der Waals surface area contributed by atoms with E-state index in [0.29, 0.717) is 13.0 Å². The molecule has 0 radical (unpaired) electrons. The van der Waals surface area contributed by atoms with Crippen LogP contribution in [0.3, 0.4) is 0 Å². The van der Waals surface area contributed by atoms with Gasteiger partial charge < -0.3 is 5.32 Å². The van der Waals surface area contributed by atoms with E-state index in [1.807, 2.05) is 19.9 Å². The fourth-order valence-corrected chi connectivity index (χ4v) is 1.18. The maximum Gasteiger partial charge on any atom is 0.246 e. The average molecular weight is 208 g/mol. The van der Waals surface area contributed by atoms with Gasteiger partial charge in [0.05, 0.1) is 0 Å². The van der Waals surface area contributed by atoms with Gasteiger partial charge in [0.2, 0.25) is 5.91 Å². The van der Waals surface area contributed by atoms with Gasteiger partial charge in [0.15, 0.2) is 0 Å². The zero-order valence-electron chi connectivity index (χ0n) is 9.08. The Hall–Kier alpha value is -1.65. The summed E-state index contributed by atoms with van der Waals surface area (Å²) >= 11 is 0. The molecule has 0 unspecified atom stereocenters. The van der Waals surface area contributed by atoms with Crippen molar-refractivity contribution in [3.05, 3.63) is 23.8 Å². The van der Waals surface area contributed by atoms with E-state index in [2.05, 4.69) is 20.5 Å². The number of amides is 1. The van der Waals surface area contributed by atoms with Gasteiger partial charge in [-0.1, -0.05) is 13.0 Å². The molecule has 0 spiro atoms. The number of aromatic nitrogens is 3. The third-order valence-corrected chi connectivity index (χ3v) is 1.98. The van der Waals surface area contributed by atoms with E-state index >= 15 is 0 Å². The smallest absolute Gasteiger partial charge is 0.246 e. The zero-order chi connectivity index (χ0) is 11.1. The van der Waals surface area contributed by atoms with Gasteiger partial charge in [-0.3, -0.25) is 9.89 Å². The number of rotatable bonds is 5. The molecule has 0 aliphatic heterocycles. The second-order valence-corrected chi connectivity index (χ2v) is 3.23. The van der Waals surface area contributed by atoms with Crippen molar-refractivity contribution in [2.75, 3.05) is 6.54 Å². The first-order chi connectivity index (χ1) is 7.24. The molecule has 1 heterocycles. The van der Waals surface area contributed by atoms with E-state index in [9.17, 15) is 4.79 Å². The first-order valence-electron chi connectivity index (χ1n) is 5.03. The van der Waals surface area contributed by atoms with E-state index in [4.69, 9.17) is 0 Å². The normalized spacial score (nSPS) is 11.5. The maximum absolute atomic E-state index is 11.4. The Bertz CT molecular complexity index is 329. The van der Waals surface area contributed by atoms with Crippen LogP contribution in [-0.4, -0.2) is 27.6 Å². The molecule has 0 saturated carbocycles. The van der Waals surface area contributed by atoms with Crippen LogP contribution in [0.1, 0.15) is 26.1 Å². The highest BCUT2D eigenvalue weighted by Gasteiger charge is 2.02. The highest BCUT2D eigenvalue weighted by Crippen LogP contribution is 1.94. The molecule has 0 aliphatic carbocycles. The highest BCUT2D eigenvalue weighted by atomic mass is 16.1. The number of hydrogen-bond donors (Lipinski definition) is 2. The molecule has 0 atom stereocenters. The van der Waals surface area contributed by atoms with Crippen LogP contribution in [-0.2, 0) is 11.2 Å². The van der Waals surface area contributed by atoms with Crippen LogP contribution < -0.4 is 5.32 Å². The van der Waals surface area contributed by atoms with E-state index in [1.165, 1.54) is 6.33 Å². The predicted molar refractivity (Wildman–Crippen MR) is 57.1 cm³/mol. The lowest BCUT2D eigenvalue weighted by atomic mass is 10.2. The molecule has 82 valence electrons. The topological polar surface area (TPSA) is 70.7 Å². The van der Waals surface area contributed by atoms with Crippen LogP contribution in [0, 0.1) is 0 Å². The summed E-state index contributed by atoms with van der Waals surface area (Å²) in [6.45, 7) is 4.39. The van der Waals surface area contributed by atoms with Crippen LogP contribution >= 0.6 is 0 Å². The Kier molecular flexibility index (Phi) is 4.53. The summed E-state index contributed by atoms with van der Waals surface area (Å²) in [6.07, 6.45) is 4.91. The van der Waals surface area contributed by atoms with Crippen molar-refractivity contribution in [3.8, 4) is 0 Å². The highest BCUT2D eigenvalue weighted by molar-refractivity contribution is 5.92. The molecule has 0 bridgehead atoms. The molecule has 1 amide bonds. The van der Waals surface area contributed by atoms with Crippen LogP contribution in [0.4, 0.5) is 0 Å². The SMILES string of the molecule is CCC=C(C)C(=O)NCCc1ncn[nH]1. The molecule has 1 aromatic rings. The third-order valence-electron chi connectivity index (χ3n) is 1.98. The minimum absolute atomic E-state index is 0.0173. The molecule has 5 nitrogen and oxygen atoms in total. The van der Waals surface area contributed by atoms with Gasteiger partial charge >= 0.3 is 0 Å². The fraction of sp³-hybridized carbons (Fsp3) is 0.500. The second kappa shape index (κ2) is 5.95. The Morgan fingerprint density at radius 2 is 2.47 bits per heavy atom. The number of carbonyl (C=O) groups excluding carboxylic acids is 1. The molecule has 0 aliphatic rings. The first kappa shape index (κ1) is 11.4. The zero-order valence-corrected chi connectivity index (χ0v) is 9.08. The third kappa shape index (κ3) is 3.93. The number of allylic oxidation sites excluding steroid dienone is 1. The summed E-state index contributed by atoms with van der Waals surface area (Å²) < 4.78 is 0. The van der Waals surface area contributed by atoms with Crippen molar-refractivity contribution in [1.82, 2.24) is 20.5 Å². The first-order valence-corrected chi connectivity index (χ1v) is 5.03. The standard InChI is InChI=1S/C10H16N4O/c1-3-4-8(2)10(15)11-6-5-9-12-7-13-14-9/h4,7H,3,5-6H2,1-2H3,(H,11,15)(H,12,13,14). The Morgan fingerprint density at radius 1 is 1.67 bits per heavy atom. The van der Waals surface area contributed by atoms with Crippen molar-refractivity contribution in [2.45, 2.75) is 26.7 Å². The summed E-state index contributed by atoms with van der Waals surface area (Å²) in [4.78, 5) is 15.4. The maximum atomic E-state index is 11.4. The molecule has 15 heavy (non-hydrogen) atoms. The van der Waals surface area contributed by atoms with Gasteiger partial charge in [0.1, 0.15) is 12.2 Å². The second-order valence-electron chi connectivity index (χ2n) is 3.23. The van der Waals surface area contributed by atoms with E-state index in [-0.39, 0.29) is 5.91 Å². The Labute approximate surface area is 89.0 Å². The molecular weight excluding hydrogens is 192 g/mol. The van der Waals surface area contributed by atoms with Crippen molar-refractivity contribution < 1.29 is 4.79 Å². The summed E-state index contributed by atoms with van der Waals surface area (Å²) in [5, 5.41) is 9.27.